The van der Waals surface area contributed by atoms with Crippen molar-refractivity contribution in [3.63, 3.8) is 0 Å². The van der Waals surface area contributed by atoms with Crippen molar-refractivity contribution in [2.45, 2.75) is 19.5 Å². The highest BCUT2D eigenvalue weighted by Crippen LogP contribution is 2.34. The molecule has 1 atom stereocenters. The predicted molar refractivity (Wildman–Crippen MR) is 85.4 cm³/mol. The summed E-state index contributed by atoms with van der Waals surface area (Å²) in [4.78, 5) is 6.63. The van der Waals surface area contributed by atoms with Crippen LogP contribution in [0.3, 0.4) is 0 Å². The van der Waals surface area contributed by atoms with Crippen molar-refractivity contribution in [3.05, 3.63) is 65.7 Å². The lowest BCUT2D eigenvalue weighted by atomic mass is 10.0. The van der Waals surface area contributed by atoms with Gasteiger partial charge in [0.15, 0.2) is 5.96 Å². The summed E-state index contributed by atoms with van der Waals surface area (Å²) in [5.41, 5.74) is 9.56. The van der Waals surface area contributed by atoms with Gasteiger partial charge in [0.05, 0.1) is 11.7 Å². The summed E-state index contributed by atoms with van der Waals surface area (Å²) in [6, 6.07) is 18.8. The van der Waals surface area contributed by atoms with Crippen molar-refractivity contribution >= 4 is 24.1 Å². The third-order valence-corrected chi connectivity index (χ3v) is 3.58. The highest BCUT2D eigenvalue weighted by Gasteiger charge is 2.24. The van der Waals surface area contributed by atoms with Gasteiger partial charge in [-0.3, -0.25) is 0 Å². The molecule has 0 bridgehead atoms. The molecule has 0 saturated heterocycles. The van der Waals surface area contributed by atoms with Gasteiger partial charge in [0.2, 0.25) is 0 Å². The zero-order valence-corrected chi connectivity index (χ0v) is 12.2. The number of halogens is 1. The molecule has 1 heterocycles. The molecule has 104 valence electrons. The first-order chi connectivity index (χ1) is 9.25. The zero-order valence-electron chi connectivity index (χ0n) is 11.4. The van der Waals surface area contributed by atoms with Crippen LogP contribution in [0.2, 0.25) is 0 Å². The Morgan fingerprint density at radius 1 is 1.05 bits per heavy atom. The van der Waals surface area contributed by atoms with Crippen LogP contribution >= 0.6 is 12.4 Å². The summed E-state index contributed by atoms with van der Waals surface area (Å²) in [7, 11) is 0. The van der Waals surface area contributed by atoms with E-state index < -0.39 is 0 Å². The minimum absolute atomic E-state index is 0. The smallest absolute Gasteiger partial charge is 0.197 e. The van der Waals surface area contributed by atoms with E-state index in [9.17, 15) is 0 Å². The molecule has 0 spiro atoms. The number of para-hydroxylation sites is 1. The van der Waals surface area contributed by atoms with Crippen LogP contribution in [-0.2, 0) is 6.54 Å². The van der Waals surface area contributed by atoms with E-state index in [0.717, 1.165) is 12.2 Å². The lowest BCUT2D eigenvalue weighted by molar-refractivity contribution is 0.320. The Kier molecular flexibility index (Phi) is 4.30. The molecule has 0 amide bonds. The molecule has 0 radical (unpaired) electrons. The number of hydrogen-bond acceptors (Lipinski definition) is 3. The Labute approximate surface area is 125 Å². The summed E-state index contributed by atoms with van der Waals surface area (Å²) < 4.78 is 0. The van der Waals surface area contributed by atoms with Gasteiger partial charge in [-0.25, -0.2) is 4.99 Å². The number of fused-ring (bicyclic) bond motifs is 1. The second-order valence-corrected chi connectivity index (χ2v) is 4.82. The molecule has 3 nitrogen and oxygen atoms in total. The quantitative estimate of drug-likeness (QED) is 0.916. The van der Waals surface area contributed by atoms with E-state index in [-0.39, 0.29) is 18.4 Å². The third kappa shape index (κ3) is 2.63. The molecule has 20 heavy (non-hydrogen) atoms. The maximum absolute atomic E-state index is 6.11. The molecule has 1 unspecified atom stereocenters. The molecule has 1 aliphatic heterocycles. The average molecular weight is 288 g/mol. The van der Waals surface area contributed by atoms with Crippen LogP contribution < -0.4 is 5.73 Å². The van der Waals surface area contributed by atoms with Crippen molar-refractivity contribution < 1.29 is 0 Å². The van der Waals surface area contributed by atoms with Crippen LogP contribution in [0.5, 0.6) is 0 Å². The lowest BCUT2D eigenvalue weighted by Gasteiger charge is -2.34. The lowest BCUT2D eigenvalue weighted by Crippen LogP contribution is -2.40. The molecule has 2 N–H and O–H groups in total. The fourth-order valence-electron chi connectivity index (χ4n) is 2.49. The summed E-state index contributed by atoms with van der Waals surface area (Å²) in [6.07, 6.45) is 0. The first-order valence-corrected chi connectivity index (χ1v) is 6.49. The summed E-state index contributed by atoms with van der Waals surface area (Å²) in [5, 5.41) is 0. The standard InChI is InChI=1S/C16H17N3.ClH/c1-12-14-9-5-6-10-15(14)18-16(17)19(12)11-13-7-3-2-4-8-13;/h2-10,12H,11H2,1H3,(H2,17,18);1H. The van der Waals surface area contributed by atoms with Gasteiger partial charge in [-0.1, -0.05) is 48.5 Å². The maximum atomic E-state index is 6.11. The second kappa shape index (κ2) is 5.97. The predicted octanol–water partition coefficient (Wildman–Crippen LogP) is 3.63. The van der Waals surface area contributed by atoms with Gasteiger partial charge in [-0.05, 0) is 18.6 Å². The van der Waals surface area contributed by atoms with Crippen LogP contribution in [0.1, 0.15) is 24.1 Å². The number of rotatable bonds is 2. The normalized spacial score (nSPS) is 16.9. The molecule has 0 aromatic heterocycles. The van der Waals surface area contributed by atoms with E-state index in [4.69, 9.17) is 5.73 Å². The first-order valence-electron chi connectivity index (χ1n) is 6.49. The number of nitrogens with zero attached hydrogens (tertiary/aromatic N) is 2. The Morgan fingerprint density at radius 3 is 2.45 bits per heavy atom. The molecule has 1 aliphatic rings. The fourth-order valence-corrected chi connectivity index (χ4v) is 2.49. The van der Waals surface area contributed by atoms with Crippen molar-refractivity contribution in [1.29, 1.82) is 0 Å². The molecule has 2 aromatic carbocycles. The molecular weight excluding hydrogens is 270 g/mol. The van der Waals surface area contributed by atoms with Crippen molar-refractivity contribution in [2.75, 3.05) is 0 Å². The van der Waals surface area contributed by atoms with Crippen molar-refractivity contribution in [3.8, 4) is 0 Å². The minimum Gasteiger partial charge on any atom is -0.369 e. The Balaban J connectivity index is 0.00000147. The van der Waals surface area contributed by atoms with Crippen LogP contribution in [0.25, 0.3) is 0 Å². The van der Waals surface area contributed by atoms with Gasteiger partial charge >= 0.3 is 0 Å². The zero-order chi connectivity index (χ0) is 13.2. The Bertz CT molecular complexity index is 610. The van der Waals surface area contributed by atoms with E-state index in [1.54, 1.807) is 0 Å². The molecule has 4 heteroatoms. The monoisotopic (exact) mass is 287 g/mol. The Hall–Kier alpha value is -2.00. The number of guanidine groups is 1. The van der Waals surface area contributed by atoms with Crippen molar-refractivity contribution in [1.82, 2.24) is 4.90 Å². The third-order valence-electron chi connectivity index (χ3n) is 3.58. The van der Waals surface area contributed by atoms with E-state index >= 15 is 0 Å². The first kappa shape index (κ1) is 14.4. The largest absolute Gasteiger partial charge is 0.369 e. The number of nitrogens with two attached hydrogens (primary N) is 1. The van der Waals surface area contributed by atoms with Crippen LogP contribution in [0.15, 0.2) is 59.6 Å². The highest BCUT2D eigenvalue weighted by atomic mass is 35.5. The molecule has 2 aromatic rings. The number of aliphatic imine (C=N–C) groups is 1. The summed E-state index contributed by atoms with van der Waals surface area (Å²) in [5.74, 6) is 0.593. The van der Waals surface area contributed by atoms with E-state index in [1.807, 2.05) is 36.4 Å². The molecule has 0 fully saturated rings. The van der Waals surface area contributed by atoms with Gasteiger partial charge in [-0.2, -0.15) is 0 Å². The highest BCUT2D eigenvalue weighted by molar-refractivity contribution is 5.85. The fraction of sp³-hybridized carbons (Fsp3) is 0.188. The van der Waals surface area contributed by atoms with Gasteiger partial charge in [0, 0.05) is 12.1 Å². The van der Waals surface area contributed by atoms with E-state index in [2.05, 4.69) is 35.0 Å². The van der Waals surface area contributed by atoms with Gasteiger partial charge in [0.25, 0.3) is 0 Å². The van der Waals surface area contributed by atoms with Gasteiger partial charge in [0.1, 0.15) is 0 Å². The minimum atomic E-state index is 0. The topological polar surface area (TPSA) is 41.6 Å². The molecule has 0 aliphatic carbocycles. The molecule has 3 rings (SSSR count). The summed E-state index contributed by atoms with van der Waals surface area (Å²) >= 11 is 0. The molecular formula is C16H18ClN3. The maximum Gasteiger partial charge on any atom is 0.197 e. The van der Waals surface area contributed by atoms with E-state index in [1.165, 1.54) is 11.1 Å². The van der Waals surface area contributed by atoms with Crippen LogP contribution in [-0.4, -0.2) is 10.9 Å². The number of benzene rings is 2. The van der Waals surface area contributed by atoms with Crippen LogP contribution in [0, 0.1) is 0 Å². The second-order valence-electron chi connectivity index (χ2n) is 4.82. The van der Waals surface area contributed by atoms with Gasteiger partial charge in [-0.15, -0.1) is 12.4 Å². The SMILES string of the molecule is CC1c2ccccc2N=C(N)N1Cc1ccccc1.Cl. The average Bonchev–Trinajstić information content (AvgIpc) is 2.45. The van der Waals surface area contributed by atoms with Crippen molar-refractivity contribution in [2.24, 2.45) is 10.7 Å². The van der Waals surface area contributed by atoms with Gasteiger partial charge < -0.3 is 10.6 Å². The van der Waals surface area contributed by atoms with Crippen LogP contribution in [0.4, 0.5) is 5.69 Å². The Morgan fingerprint density at radius 2 is 1.70 bits per heavy atom. The molecule has 0 saturated carbocycles. The number of hydrogen-bond donors (Lipinski definition) is 1. The van der Waals surface area contributed by atoms with E-state index in [0.29, 0.717) is 5.96 Å². The summed E-state index contributed by atoms with van der Waals surface area (Å²) in [6.45, 7) is 2.95.